The van der Waals surface area contributed by atoms with Crippen molar-refractivity contribution in [1.82, 2.24) is 9.80 Å². The Kier molecular flexibility index (Phi) is 9.39. The first kappa shape index (κ1) is 24.8. The summed E-state index contributed by atoms with van der Waals surface area (Å²) in [6.45, 7) is 7.49. The van der Waals surface area contributed by atoms with Crippen molar-refractivity contribution >= 4 is 24.3 Å². The molecule has 0 saturated carbocycles. The van der Waals surface area contributed by atoms with Gasteiger partial charge in [-0.1, -0.05) is 13.8 Å². The number of nitrogens with zero attached hydrogens (tertiary/aromatic N) is 2. The Balaban J connectivity index is 5.21. The Hall–Kier alpha value is -2.19. The normalized spacial score (nSPS) is 14.9. The number of hydrogen-bond acceptors (Lipinski definition) is 5. The number of alkyl halides is 1. The van der Waals surface area contributed by atoms with Crippen LogP contribution in [0, 0.1) is 5.92 Å². The summed E-state index contributed by atoms with van der Waals surface area (Å²) in [5.41, 5.74) is -1.80. The number of amides is 2. The van der Waals surface area contributed by atoms with Gasteiger partial charge in [0.05, 0.1) is 0 Å². The summed E-state index contributed by atoms with van der Waals surface area (Å²) in [5, 5.41) is 9.30. The van der Waals surface area contributed by atoms with Gasteiger partial charge in [0.2, 0.25) is 6.41 Å². The molecule has 0 fully saturated rings. The van der Waals surface area contributed by atoms with E-state index in [0.29, 0.717) is 12.8 Å². The zero-order valence-corrected chi connectivity index (χ0v) is 17.1. The Morgan fingerprint density at radius 2 is 1.67 bits per heavy atom. The van der Waals surface area contributed by atoms with Crippen molar-refractivity contribution in [3.63, 3.8) is 0 Å². The predicted molar refractivity (Wildman–Crippen MR) is 96.6 cm³/mol. The largest absolute Gasteiger partial charge is 0.480 e. The fourth-order valence-corrected chi connectivity index (χ4v) is 2.54. The molecule has 0 aromatic rings. The molecule has 0 unspecified atom stereocenters. The molecule has 27 heavy (non-hydrogen) atoms. The number of carbonyl (C=O) groups is 4. The first-order valence-electron chi connectivity index (χ1n) is 8.77. The second-order valence-electron chi connectivity index (χ2n) is 7.72. The van der Waals surface area contributed by atoms with Crippen molar-refractivity contribution in [2.24, 2.45) is 5.92 Å². The van der Waals surface area contributed by atoms with Crippen LogP contribution in [0.3, 0.4) is 0 Å². The zero-order chi connectivity index (χ0) is 21.5. The van der Waals surface area contributed by atoms with Crippen LogP contribution >= 0.6 is 0 Å². The lowest BCUT2D eigenvalue weighted by molar-refractivity contribution is -0.166. The summed E-state index contributed by atoms with van der Waals surface area (Å²) in [5.74, 6) is -2.78. The lowest BCUT2D eigenvalue weighted by atomic mass is 9.99. The van der Waals surface area contributed by atoms with Crippen LogP contribution in [0.5, 0.6) is 0 Å². The topological polar surface area (TPSA) is 104 Å². The molecule has 8 nitrogen and oxygen atoms in total. The van der Waals surface area contributed by atoms with E-state index in [9.17, 15) is 28.7 Å². The van der Waals surface area contributed by atoms with Gasteiger partial charge in [0.1, 0.15) is 17.8 Å². The van der Waals surface area contributed by atoms with Gasteiger partial charge in [-0.25, -0.2) is 14.0 Å². The molecule has 0 heterocycles. The molecule has 0 radical (unpaired) electrons. The number of ether oxygens (including phenoxy) is 1. The van der Waals surface area contributed by atoms with E-state index in [4.69, 9.17) is 4.74 Å². The van der Waals surface area contributed by atoms with Crippen LogP contribution < -0.4 is 0 Å². The molecule has 0 aromatic heterocycles. The monoisotopic (exact) mass is 390 g/mol. The van der Waals surface area contributed by atoms with E-state index in [0.717, 1.165) is 9.80 Å². The van der Waals surface area contributed by atoms with E-state index in [2.05, 4.69) is 0 Å². The van der Waals surface area contributed by atoms with E-state index in [1.807, 2.05) is 13.8 Å². The highest BCUT2D eigenvalue weighted by molar-refractivity contribution is 5.88. The Bertz CT molecular complexity index is 546. The van der Waals surface area contributed by atoms with E-state index >= 15 is 0 Å². The maximum Gasteiger partial charge on any atom is 0.329 e. The predicted octanol–water partition coefficient (Wildman–Crippen LogP) is 1.47. The molecule has 0 bridgehead atoms. The molecule has 1 N–H and O–H groups in total. The summed E-state index contributed by atoms with van der Waals surface area (Å²) < 4.78 is 19.0. The quantitative estimate of drug-likeness (QED) is 0.423. The van der Waals surface area contributed by atoms with Gasteiger partial charge in [-0.2, -0.15) is 0 Å². The average molecular weight is 390 g/mol. The van der Waals surface area contributed by atoms with Gasteiger partial charge < -0.3 is 19.6 Å². The lowest BCUT2D eigenvalue weighted by Gasteiger charge is -2.31. The molecule has 0 aliphatic rings. The van der Waals surface area contributed by atoms with Crippen LogP contribution in [-0.4, -0.2) is 77.1 Å². The number of hydrogen-bond donors (Lipinski definition) is 1. The summed E-state index contributed by atoms with van der Waals surface area (Å²) in [4.78, 5) is 49.3. The molecule has 0 aliphatic carbocycles. The molecule has 3 atom stereocenters. The van der Waals surface area contributed by atoms with Gasteiger partial charge in [-0.3, -0.25) is 9.59 Å². The van der Waals surface area contributed by atoms with E-state index < -0.39 is 48.1 Å². The molecule has 0 aliphatic heterocycles. The molecule has 0 aromatic carbocycles. The van der Waals surface area contributed by atoms with Crippen LogP contribution in [0.4, 0.5) is 4.39 Å². The van der Waals surface area contributed by atoms with E-state index in [1.54, 1.807) is 0 Å². The number of carboxylic acid groups (broad SMARTS) is 1. The molecule has 0 rings (SSSR count). The third-order valence-corrected chi connectivity index (χ3v) is 4.04. The molecule has 0 spiro atoms. The highest BCUT2D eigenvalue weighted by atomic mass is 19.1. The Morgan fingerprint density at radius 1 is 1.15 bits per heavy atom. The third kappa shape index (κ3) is 8.36. The van der Waals surface area contributed by atoms with Crippen molar-refractivity contribution in [2.45, 2.75) is 71.3 Å². The van der Waals surface area contributed by atoms with Crippen molar-refractivity contribution in [2.75, 3.05) is 14.1 Å². The minimum atomic E-state index is -1.80. The number of carbonyl (C=O) groups excluding carboxylic acids is 3. The van der Waals surface area contributed by atoms with Crippen molar-refractivity contribution in [1.29, 1.82) is 0 Å². The summed E-state index contributed by atoms with van der Waals surface area (Å²) in [6.07, 6.45) is -0.841. The number of halogens is 1. The number of aliphatic carboxylic acids is 1. The second-order valence-corrected chi connectivity index (χ2v) is 7.72. The number of rotatable bonds is 11. The van der Waals surface area contributed by atoms with Gasteiger partial charge in [0.15, 0.2) is 6.10 Å². The van der Waals surface area contributed by atoms with Gasteiger partial charge >= 0.3 is 11.9 Å². The van der Waals surface area contributed by atoms with Crippen LogP contribution in [0.2, 0.25) is 0 Å². The zero-order valence-electron chi connectivity index (χ0n) is 17.1. The minimum Gasteiger partial charge on any atom is -0.480 e. The highest BCUT2D eigenvalue weighted by Crippen LogP contribution is 2.20. The molecule has 156 valence electrons. The van der Waals surface area contributed by atoms with Crippen molar-refractivity contribution in [3.8, 4) is 0 Å². The molecular formula is C18H31FN2O6. The fourth-order valence-electron chi connectivity index (χ4n) is 2.54. The highest BCUT2D eigenvalue weighted by Gasteiger charge is 2.36. The lowest BCUT2D eigenvalue weighted by Crippen LogP contribution is -2.50. The average Bonchev–Trinajstić information content (AvgIpc) is 2.54. The van der Waals surface area contributed by atoms with Crippen molar-refractivity contribution in [3.05, 3.63) is 0 Å². The van der Waals surface area contributed by atoms with Gasteiger partial charge in [0.25, 0.3) is 5.91 Å². The number of carboxylic acids is 1. The first-order chi connectivity index (χ1) is 12.2. The molecule has 9 heteroatoms. The van der Waals surface area contributed by atoms with E-state index in [-0.39, 0.29) is 5.92 Å². The van der Waals surface area contributed by atoms with Gasteiger partial charge in [-0.05, 0) is 33.1 Å². The SMILES string of the molecule is CC(C)C[C@@H](C(=O)O[C@H](C)C(=O)N(C)[C@@H](CC(C)(C)F)C(=O)O)N(C)C=O. The summed E-state index contributed by atoms with van der Waals surface area (Å²) in [6, 6.07) is -2.26. The number of likely N-dealkylation sites (N-methyl/N-ethyl adjacent to an activating group) is 2. The maximum atomic E-state index is 13.9. The third-order valence-electron chi connectivity index (χ3n) is 4.04. The minimum absolute atomic E-state index is 0.0989. The van der Waals surface area contributed by atoms with Crippen LogP contribution in [-0.2, 0) is 23.9 Å². The van der Waals surface area contributed by atoms with Crippen LogP contribution in [0.25, 0.3) is 0 Å². The summed E-state index contributed by atoms with van der Waals surface area (Å²) in [7, 11) is 2.66. The first-order valence-corrected chi connectivity index (χ1v) is 8.77. The standard InChI is InChI=1S/C18H31FN2O6/c1-11(2)8-13(20(6)10-22)17(26)27-12(3)15(23)21(7)14(16(24)25)9-18(4,5)19/h10-14H,8-9H2,1-7H3,(H,24,25)/t12-,13+,14+/m1/s1. The van der Waals surface area contributed by atoms with E-state index in [1.165, 1.54) is 34.9 Å². The molecular weight excluding hydrogens is 359 g/mol. The molecule has 0 saturated heterocycles. The Morgan fingerprint density at radius 3 is 2.04 bits per heavy atom. The van der Waals surface area contributed by atoms with Crippen LogP contribution in [0.1, 0.15) is 47.5 Å². The molecule has 2 amide bonds. The summed E-state index contributed by atoms with van der Waals surface area (Å²) >= 11 is 0. The number of esters is 1. The second kappa shape index (κ2) is 10.2. The van der Waals surface area contributed by atoms with Gasteiger partial charge in [-0.15, -0.1) is 0 Å². The maximum absolute atomic E-state index is 13.9. The van der Waals surface area contributed by atoms with Crippen molar-refractivity contribution < 1.29 is 33.4 Å². The fraction of sp³-hybridized carbons (Fsp3) is 0.778. The Labute approximate surface area is 159 Å². The van der Waals surface area contributed by atoms with Crippen LogP contribution in [0.15, 0.2) is 0 Å². The van der Waals surface area contributed by atoms with Gasteiger partial charge in [0, 0.05) is 20.5 Å². The smallest absolute Gasteiger partial charge is 0.329 e.